The van der Waals surface area contributed by atoms with E-state index in [0.29, 0.717) is 24.1 Å². The molecule has 190 valence electrons. The molecule has 0 aliphatic carbocycles. The van der Waals surface area contributed by atoms with E-state index in [4.69, 9.17) is 11.5 Å². The average molecular weight is 555 g/mol. The molecule has 2 aromatic carbocycles. The number of amidine groups is 1. The number of amides is 1. The fraction of sp³-hybridized carbons (Fsp3) is 0.400. The Morgan fingerprint density at radius 1 is 1.14 bits per heavy atom. The van der Waals surface area contributed by atoms with Gasteiger partial charge in [-0.2, -0.15) is 13.2 Å². The van der Waals surface area contributed by atoms with Crippen LogP contribution in [0.3, 0.4) is 0 Å². The molecule has 0 radical (unpaired) electrons. The number of fused-ring (bicyclic) bond motifs is 1. The lowest BCUT2D eigenvalue weighted by atomic mass is 9.77. The summed E-state index contributed by atoms with van der Waals surface area (Å²) in [6.45, 7) is 1.94. The first-order valence-electron chi connectivity index (χ1n) is 11.2. The number of anilines is 1. The number of ketones is 1. The van der Waals surface area contributed by atoms with E-state index >= 15 is 0 Å². The zero-order chi connectivity index (χ0) is 25.1. The van der Waals surface area contributed by atoms with E-state index in [9.17, 15) is 22.8 Å². The summed E-state index contributed by atoms with van der Waals surface area (Å²) in [6, 6.07) is 10.8. The van der Waals surface area contributed by atoms with Crippen molar-refractivity contribution >= 4 is 40.2 Å². The number of halogens is 4. The molecule has 6 nitrogen and oxygen atoms in total. The Labute approximate surface area is 213 Å². The highest BCUT2D eigenvalue weighted by molar-refractivity contribution is 8.93. The van der Waals surface area contributed by atoms with Gasteiger partial charge in [-0.15, -0.1) is 17.0 Å². The summed E-state index contributed by atoms with van der Waals surface area (Å²) in [6.07, 6.45) is -1.83. The lowest BCUT2D eigenvalue weighted by Crippen LogP contribution is -2.52. The molecule has 0 bridgehead atoms. The summed E-state index contributed by atoms with van der Waals surface area (Å²) in [5.41, 5.74) is 9.56. The van der Waals surface area contributed by atoms with Crippen LogP contribution in [-0.2, 0) is 21.3 Å². The molecule has 1 unspecified atom stereocenters. The van der Waals surface area contributed by atoms with Gasteiger partial charge in [0.1, 0.15) is 5.84 Å². The minimum absolute atomic E-state index is 0. The van der Waals surface area contributed by atoms with Crippen molar-refractivity contribution in [3.8, 4) is 0 Å². The minimum atomic E-state index is -4.67. The van der Waals surface area contributed by atoms with Crippen LogP contribution in [0.5, 0.6) is 0 Å². The number of carbonyl (C=O) groups excluding carboxylic acids is 2. The zero-order valence-corrected chi connectivity index (χ0v) is 21.4. The van der Waals surface area contributed by atoms with Crippen LogP contribution in [0.15, 0.2) is 53.5 Å². The normalized spacial score (nSPS) is 18.7. The smallest absolute Gasteiger partial charge is 0.383 e. The number of Topliss-reactive ketones (excluding diaryl/α,β-unsaturated/α-hetero) is 1. The maximum Gasteiger partial charge on any atom is 0.416 e. The van der Waals surface area contributed by atoms with Gasteiger partial charge in [-0.25, -0.2) is 4.99 Å². The van der Waals surface area contributed by atoms with Crippen LogP contribution in [0.4, 0.5) is 18.9 Å². The Bertz CT molecular complexity index is 1110. The number of aliphatic imine (C=N–C) groups is 1. The summed E-state index contributed by atoms with van der Waals surface area (Å²) in [5, 5.41) is 0. The SMILES string of the molecule is Br.CCCCC[C@@H](CN)C(=O)C1(c2cccc(C(F)(F)F)c2)N=C(N)c2ccccc2N(C)C1=O. The topological polar surface area (TPSA) is 102 Å². The van der Waals surface area contributed by atoms with Crippen molar-refractivity contribution < 1.29 is 22.8 Å². The maximum atomic E-state index is 14.0. The second-order valence-corrected chi connectivity index (χ2v) is 8.46. The third kappa shape index (κ3) is 5.43. The molecule has 3 rings (SSSR count). The van der Waals surface area contributed by atoms with Gasteiger partial charge in [-0.3, -0.25) is 9.59 Å². The van der Waals surface area contributed by atoms with E-state index in [1.807, 2.05) is 6.92 Å². The summed E-state index contributed by atoms with van der Waals surface area (Å²) in [7, 11) is 1.46. The fourth-order valence-electron chi connectivity index (χ4n) is 4.33. The molecule has 1 amide bonds. The van der Waals surface area contributed by atoms with E-state index in [0.717, 1.165) is 25.0 Å². The number of unbranched alkanes of at least 4 members (excludes halogenated alkanes) is 2. The lowest BCUT2D eigenvalue weighted by Gasteiger charge is -2.33. The Balaban J connectivity index is 0.00000432. The number of para-hydroxylation sites is 1. The van der Waals surface area contributed by atoms with Crippen LogP contribution < -0.4 is 16.4 Å². The largest absolute Gasteiger partial charge is 0.416 e. The predicted molar refractivity (Wildman–Crippen MR) is 136 cm³/mol. The molecule has 35 heavy (non-hydrogen) atoms. The van der Waals surface area contributed by atoms with Gasteiger partial charge in [0.25, 0.3) is 5.91 Å². The number of hydrogen-bond donors (Lipinski definition) is 2. The highest BCUT2D eigenvalue weighted by atomic mass is 79.9. The molecule has 4 N–H and O–H groups in total. The molecule has 0 saturated heterocycles. The Morgan fingerprint density at radius 3 is 2.46 bits per heavy atom. The second kappa shape index (κ2) is 11.3. The first-order valence-corrected chi connectivity index (χ1v) is 11.2. The van der Waals surface area contributed by atoms with Crippen molar-refractivity contribution in [3.63, 3.8) is 0 Å². The van der Waals surface area contributed by atoms with Crippen LogP contribution in [0.2, 0.25) is 0 Å². The third-order valence-electron chi connectivity index (χ3n) is 6.22. The molecule has 1 aliphatic heterocycles. The van der Waals surface area contributed by atoms with E-state index in [1.165, 1.54) is 24.1 Å². The number of carbonyl (C=O) groups is 2. The molecule has 0 spiro atoms. The molecule has 1 aliphatic rings. The van der Waals surface area contributed by atoms with Crippen LogP contribution in [-0.4, -0.2) is 31.1 Å². The van der Waals surface area contributed by atoms with Crippen molar-refractivity contribution in [2.45, 2.75) is 44.3 Å². The van der Waals surface area contributed by atoms with E-state index in [-0.39, 0.29) is 34.9 Å². The average Bonchev–Trinajstić information content (AvgIpc) is 2.91. The monoisotopic (exact) mass is 554 g/mol. The van der Waals surface area contributed by atoms with Crippen molar-refractivity contribution in [1.29, 1.82) is 0 Å². The summed E-state index contributed by atoms with van der Waals surface area (Å²) in [5.74, 6) is -2.32. The van der Waals surface area contributed by atoms with Crippen LogP contribution >= 0.6 is 17.0 Å². The van der Waals surface area contributed by atoms with Gasteiger partial charge < -0.3 is 16.4 Å². The van der Waals surface area contributed by atoms with Gasteiger partial charge in [0, 0.05) is 25.1 Å². The highest BCUT2D eigenvalue weighted by Gasteiger charge is 2.53. The van der Waals surface area contributed by atoms with Crippen LogP contribution in [0.1, 0.15) is 49.3 Å². The van der Waals surface area contributed by atoms with Crippen molar-refractivity contribution in [3.05, 3.63) is 65.2 Å². The molecule has 0 fully saturated rings. The first kappa shape index (κ1) is 28.5. The molecule has 2 aromatic rings. The quantitative estimate of drug-likeness (QED) is 0.368. The van der Waals surface area contributed by atoms with Gasteiger partial charge in [0.2, 0.25) is 5.54 Å². The molecule has 0 aromatic heterocycles. The highest BCUT2D eigenvalue weighted by Crippen LogP contribution is 2.40. The van der Waals surface area contributed by atoms with E-state index in [1.54, 1.807) is 24.3 Å². The first-order chi connectivity index (χ1) is 16.1. The van der Waals surface area contributed by atoms with Crippen LogP contribution in [0.25, 0.3) is 0 Å². The second-order valence-electron chi connectivity index (χ2n) is 8.46. The molecule has 1 heterocycles. The number of nitrogens with zero attached hydrogens (tertiary/aromatic N) is 2. The fourth-order valence-corrected chi connectivity index (χ4v) is 4.33. The summed E-state index contributed by atoms with van der Waals surface area (Å²) >= 11 is 0. The Hall–Kier alpha value is -2.72. The number of rotatable bonds is 8. The molecule has 2 atom stereocenters. The maximum absolute atomic E-state index is 14.0. The van der Waals surface area contributed by atoms with E-state index < -0.39 is 34.9 Å². The van der Waals surface area contributed by atoms with Crippen molar-refractivity contribution in [2.75, 3.05) is 18.5 Å². The minimum Gasteiger partial charge on any atom is -0.383 e. The molecular weight excluding hydrogens is 525 g/mol. The number of benzodiazepines with no additional fused rings is 1. The van der Waals surface area contributed by atoms with Gasteiger partial charge in [-0.05, 0) is 36.2 Å². The number of benzene rings is 2. The number of hydrogen-bond acceptors (Lipinski definition) is 5. The summed E-state index contributed by atoms with van der Waals surface area (Å²) < 4.78 is 40.7. The Kier molecular flexibility index (Phi) is 9.24. The lowest BCUT2D eigenvalue weighted by molar-refractivity contribution is -0.139. The van der Waals surface area contributed by atoms with Crippen LogP contribution in [0, 0.1) is 5.92 Å². The predicted octanol–water partition coefficient (Wildman–Crippen LogP) is 4.58. The Morgan fingerprint density at radius 2 is 1.83 bits per heavy atom. The number of likely N-dealkylation sites (N-methyl/N-ethyl adjacent to an activating group) is 1. The van der Waals surface area contributed by atoms with Gasteiger partial charge in [-0.1, -0.05) is 50.5 Å². The van der Waals surface area contributed by atoms with E-state index in [2.05, 4.69) is 4.99 Å². The molecule has 10 heteroatoms. The number of alkyl halides is 3. The zero-order valence-electron chi connectivity index (χ0n) is 19.6. The standard InChI is InChI=1S/C25H29F3N4O2.BrH/c1-3-4-5-9-16(15-29)21(33)24(17-10-8-11-18(14-17)25(26,27)28)23(34)32(2)20-13-7-6-12-19(20)22(30)31-24;/h6-8,10-14,16H,3-5,9,15,29H2,1-2H3,(H2,30,31);1H/t16-,24?;/m0./s1. The van der Waals surface area contributed by atoms with Crippen molar-refractivity contribution in [2.24, 2.45) is 22.4 Å². The molecular formula is C25H30BrF3N4O2. The summed E-state index contributed by atoms with van der Waals surface area (Å²) in [4.78, 5) is 33.6. The molecule has 0 saturated carbocycles. The van der Waals surface area contributed by atoms with Gasteiger partial charge >= 0.3 is 6.18 Å². The third-order valence-corrected chi connectivity index (χ3v) is 6.22. The van der Waals surface area contributed by atoms with Crippen molar-refractivity contribution in [1.82, 2.24) is 0 Å². The van der Waals surface area contributed by atoms with Gasteiger partial charge in [0.05, 0.1) is 11.3 Å². The number of nitrogens with two attached hydrogens (primary N) is 2. The van der Waals surface area contributed by atoms with Gasteiger partial charge in [0.15, 0.2) is 5.78 Å².